The summed E-state index contributed by atoms with van der Waals surface area (Å²) in [6.07, 6.45) is 4.17. The van der Waals surface area contributed by atoms with Crippen LogP contribution in [0, 0.1) is 0 Å². The topological polar surface area (TPSA) is 60.4 Å². The monoisotopic (exact) mass is 397 g/mol. The Balaban J connectivity index is 1.27. The number of ether oxygens (including phenoxy) is 1. The first-order valence-corrected chi connectivity index (χ1v) is 10.4. The van der Waals surface area contributed by atoms with Crippen LogP contribution >= 0.6 is 0 Å². The molecule has 1 N–H and O–H groups in total. The van der Waals surface area contributed by atoms with E-state index >= 15 is 0 Å². The van der Waals surface area contributed by atoms with Gasteiger partial charge in [0.05, 0.1) is 12.6 Å². The predicted octanol–water partition coefficient (Wildman–Crippen LogP) is 2.44. The summed E-state index contributed by atoms with van der Waals surface area (Å²) in [5, 5.41) is 3.48. The van der Waals surface area contributed by atoms with Crippen molar-refractivity contribution in [2.24, 2.45) is 4.99 Å². The van der Waals surface area contributed by atoms with Gasteiger partial charge in [0.25, 0.3) is 0 Å². The molecule has 1 aromatic rings. The highest BCUT2D eigenvalue weighted by atomic mass is 16.6. The largest absolute Gasteiger partial charge is 0.444 e. The normalized spacial score (nSPS) is 21.3. The van der Waals surface area contributed by atoms with E-state index in [1.54, 1.807) is 4.90 Å². The van der Waals surface area contributed by atoms with Gasteiger partial charge >= 0.3 is 6.09 Å². The molecule has 1 unspecified atom stereocenters. The van der Waals surface area contributed by atoms with Gasteiger partial charge in [0, 0.05) is 45.0 Å². The zero-order valence-corrected chi connectivity index (χ0v) is 17.6. The number of aliphatic imine (C=N–C) groups is 1. The van der Waals surface area contributed by atoms with Crippen LogP contribution in [-0.4, -0.2) is 72.8 Å². The molecule has 0 aromatic heterocycles. The SMILES string of the molecule is CC(C)(C)OC(=O)N1CCN2C(NCc3ccc(N4CC=CC4)cc3)=NCC2C1. The number of hydrogen-bond acceptors (Lipinski definition) is 6. The van der Waals surface area contributed by atoms with Gasteiger partial charge in [0.1, 0.15) is 5.60 Å². The van der Waals surface area contributed by atoms with E-state index in [0.29, 0.717) is 19.6 Å². The second-order valence-corrected chi connectivity index (χ2v) is 8.83. The molecule has 4 rings (SSSR count). The van der Waals surface area contributed by atoms with Crippen LogP contribution in [0.2, 0.25) is 0 Å². The molecule has 29 heavy (non-hydrogen) atoms. The maximum Gasteiger partial charge on any atom is 0.410 e. The van der Waals surface area contributed by atoms with E-state index in [2.05, 4.69) is 56.5 Å². The van der Waals surface area contributed by atoms with Crippen LogP contribution in [0.25, 0.3) is 0 Å². The third kappa shape index (κ3) is 4.66. The number of anilines is 1. The fraction of sp³-hybridized carbons (Fsp3) is 0.545. The van der Waals surface area contributed by atoms with Gasteiger partial charge in [-0.1, -0.05) is 24.3 Å². The number of nitrogens with one attached hydrogen (secondary N) is 1. The molecule has 1 aromatic carbocycles. The standard InChI is InChI=1S/C22H31N5O2/c1-22(2,3)29-21(28)26-12-13-27-19(16-26)15-24-20(27)23-14-17-6-8-18(9-7-17)25-10-4-5-11-25/h4-9,19H,10-16H2,1-3H3,(H,23,24). The van der Waals surface area contributed by atoms with E-state index in [1.807, 2.05) is 20.8 Å². The molecule has 156 valence electrons. The minimum Gasteiger partial charge on any atom is -0.444 e. The lowest BCUT2D eigenvalue weighted by atomic mass is 10.2. The first-order valence-electron chi connectivity index (χ1n) is 10.4. The van der Waals surface area contributed by atoms with Gasteiger partial charge in [0.15, 0.2) is 5.96 Å². The van der Waals surface area contributed by atoms with Gasteiger partial charge in [-0.3, -0.25) is 4.99 Å². The van der Waals surface area contributed by atoms with Crippen molar-refractivity contribution in [3.63, 3.8) is 0 Å². The second kappa shape index (κ2) is 7.97. The quantitative estimate of drug-likeness (QED) is 0.794. The number of hydrogen-bond donors (Lipinski definition) is 1. The Hall–Kier alpha value is -2.70. The lowest BCUT2D eigenvalue weighted by Crippen LogP contribution is -2.57. The maximum atomic E-state index is 12.3. The molecule has 1 amide bonds. The molecule has 7 nitrogen and oxygen atoms in total. The van der Waals surface area contributed by atoms with Gasteiger partial charge < -0.3 is 24.8 Å². The highest BCUT2D eigenvalue weighted by molar-refractivity contribution is 5.82. The number of carbonyl (C=O) groups is 1. The van der Waals surface area contributed by atoms with Crippen LogP contribution < -0.4 is 10.2 Å². The van der Waals surface area contributed by atoms with Crippen molar-refractivity contribution in [2.45, 2.75) is 39.0 Å². The predicted molar refractivity (Wildman–Crippen MR) is 115 cm³/mol. The third-order valence-electron chi connectivity index (χ3n) is 5.43. The Morgan fingerprint density at radius 3 is 2.59 bits per heavy atom. The van der Waals surface area contributed by atoms with Crippen LogP contribution in [0.1, 0.15) is 26.3 Å². The molecule has 0 spiro atoms. The van der Waals surface area contributed by atoms with Gasteiger partial charge in [-0.15, -0.1) is 0 Å². The van der Waals surface area contributed by atoms with E-state index in [1.165, 1.54) is 11.3 Å². The molecule has 3 aliphatic heterocycles. The molecule has 1 fully saturated rings. The minimum atomic E-state index is -0.464. The number of benzene rings is 1. The molecule has 3 heterocycles. The summed E-state index contributed by atoms with van der Waals surface area (Å²) in [6, 6.07) is 8.94. The molecular formula is C22H31N5O2. The summed E-state index contributed by atoms with van der Waals surface area (Å²) < 4.78 is 5.51. The molecular weight excluding hydrogens is 366 g/mol. The van der Waals surface area contributed by atoms with Gasteiger partial charge in [-0.25, -0.2) is 4.79 Å². The fourth-order valence-corrected chi connectivity index (χ4v) is 3.92. The molecule has 1 saturated heterocycles. The molecule has 1 atom stereocenters. The fourth-order valence-electron chi connectivity index (χ4n) is 3.92. The zero-order chi connectivity index (χ0) is 20.4. The Kier molecular flexibility index (Phi) is 5.39. The van der Waals surface area contributed by atoms with Crippen molar-refractivity contribution in [3.05, 3.63) is 42.0 Å². The Bertz CT molecular complexity index is 788. The van der Waals surface area contributed by atoms with Gasteiger partial charge in [-0.05, 0) is 38.5 Å². The zero-order valence-electron chi connectivity index (χ0n) is 17.6. The first kappa shape index (κ1) is 19.6. The Morgan fingerprint density at radius 2 is 1.90 bits per heavy atom. The molecule has 0 saturated carbocycles. The summed E-state index contributed by atoms with van der Waals surface area (Å²) in [5.41, 5.74) is 2.03. The van der Waals surface area contributed by atoms with Gasteiger partial charge in [0.2, 0.25) is 0 Å². The number of rotatable bonds is 3. The average molecular weight is 398 g/mol. The number of carbonyl (C=O) groups excluding carboxylic acids is 1. The highest BCUT2D eigenvalue weighted by Crippen LogP contribution is 2.20. The molecule has 7 heteroatoms. The van der Waals surface area contributed by atoms with Crippen molar-refractivity contribution < 1.29 is 9.53 Å². The highest BCUT2D eigenvalue weighted by Gasteiger charge is 2.36. The van der Waals surface area contributed by atoms with Crippen molar-refractivity contribution in [1.29, 1.82) is 0 Å². The van der Waals surface area contributed by atoms with Crippen LogP contribution in [-0.2, 0) is 11.3 Å². The van der Waals surface area contributed by atoms with Gasteiger partial charge in [-0.2, -0.15) is 0 Å². The summed E-state index contributed by atoms with van der Waals surface area (Å²) in [6.45, 7) is 11.2. The van der Waals surface area contributed by atoms with Crippen molar-refractivity contribution in [3.8, 4) is 0 Å². The van der Waals surface area contributed by atoms with Crippen molar-refractivity contribution in [2.75, 3.05) is 44.2 Å². The summed E-state index contributed by atoms with van der Waals surface area (Å²) in [4.78, 5) is 23.4. The summed E-state index contributed by atoms with van der Waals surface area (Å²) >= 11 is 0. The molecule has 0 radical (unpaired) electrons. The van der Waals surface area contributed by atoms with Crippen molar-refractivity contribution in [1.82, 2.24) is 15.1 Å². The lowest BCUT2D eigenvalue weighted by molar-refractivity contribution is 0.0137. The lowest BCUT2D eigenvalue weighted by Gasteiger charge is -2.39. The number of guanidine groups is 1. The third-order valence-corrected chi connectivity index (χ3v) is 5.43. The molecule has 3 aliphatic rings. The number of fused-ring (bicyclic) bond motifs is 1. The van der Waals surface area contributed by atoms with E-state index < -0.39 is 5.60 Å². The Labute approximate surface area is 173 Å². The van der Waals surface area contributed by atoms with E-state index in [9.17, 15) is 4.79 Å². The van der Waals surface area contributed by atoms with Crippen LogP contribution in [0.3, 0.4) is 0 Å². The van der Waals surface area contributed by atoms with E-state index in [0.717, 1.165) is 32.1 Å². The summed E-state index contributed by atoms with van der Waals surface area (Å²) in [7, 11) is 0. The summed E-state index contributed by atoms with van der Waals surface area (Å²) in [5.74, 6) is 0.937. The molecule has 0 aliphatic carbocycles. The number of nitrogens with zero attached hydrogens (tertiary/aromatic N) is 4. The van der Waals surface area contributed by atoms with E-state index in [4.69, 9.17) is 4.74 Å². The first-order chi connectivity index (χ1) is 13.9. The van der Waals surface area contributed by atoms with Crippen LogP contribution in [0.5, 0.6) is 0 Å². The number of amides is 1. The maximum absolute atomic E-state index is 12.3. The smallest absolute Gasteiger partial charge is 0.410 e. The Morgan fingerprint density at radius 1 is 1.17 bits per heavy atom. The van der Waals surface area contributed by atoms with Crippen LogP contribution in [0.4, 0.5) is 10.5 Å². The number of piperazine rings is 1. The molecule has 0 bridgehead atoms. The average Bonchev–Trinajstić information content (AvgIpc) is 3.35. The minimum absolute atomic E-state index is 0.226. The van der Waals surface area contributed by atoms with Crippen LogP contribution in [0.15, 0.2) is 41.4 Å². The van der Waals surface area contributed by atoms with Crippen molar-refractivity contribution >= 4 is 17.7 Å². The second-order valence-electron chi connectivity index (χ2n) is 8.83. The van der Waals surface area contributed by atoms with E-state index in [-0.39, 0.29) is 12.1 Å².